The fourth-order valence-corrected chi connectivity index (χ4v) is 3.14. The first-order valence-corrected chi connectivity index (χ1v) is 7.55. The lowest BCUT2D eigenvalue weighted by atomic mass is 10.1. The minimum atomic E-state index is 0.809. The molecule has 0 spiro atoms. The first-order valence-electron chi connectivity index (χ1n) is 6.73. The van der Waals surface area contributed by atoms with Crippen LogP contribution in [-0.4, -0.2) is 27.0 Å². The molecule has 0 aliphatic rings. The fourth-order valence-electron chi connectivity index (χ4n) is 2.39. The van der Waals surface area contributed by atoms with Crippen LogP contribution >= 0.6 is 11.3 Å². The lowest BCUT2D eigenvalue weighted by Crippen LogP contribution is -2.00. The van der Waals surface area contributed by atoms with Gasteiger partial charge in [0.2, 0.25) is 5.13 Å². The average Bonchev–Trinajstić information content (AvgIpc) is 3.03. The molecule has 6 heteroatoms. The molecule has 0 fully saturated rings. The summed E-state index contributed by atoms with van der Waals surface area (Å²) in [5, 5.41) is 17.5. The second-order valence-corrected chi connectivity index (χ2v) is 6.04. The van der Waals surface area contributed by atoms with E-state index < -0.39 is 0 Å². The molecule has 108 valence electrons. The molecular weight excluding hydrogens is 282 g/mol. The molecule has 3 rings (SSSR count). The molecule has 1 N–H and O–H groups in total. The average molecular weight is 299 g/mol. The highest BCUT2D eigenvalue weighted by molar-refractivity contribution is 7.18. The van der Waals surface area contributed by atoms with Crippen molar-refractivity contribution in [3.63, 3.8) is 0 Å². The van der Waals surface area contributed by atoms with Crippen molar-refractivity contribution in [1.82, 2.24) is 20.0 Å². The summed E-state index contributed by atoms with van der Waals surface area (Å²) in [6, 6.07) is 6.43. The SMILES string of the molecule is CNc1nnc(-c2cnn(-c3cc(C)cc(C)c3)c2C)s1. The predicted octanol–water partition coefficient (Wildman–Crippen LogP) is 3.36. The number of nitrogens with one attached hydrogen (secondary N) is 1. The highest BCUT2D eigenvalue weighted by Crippen LogP contribution is 2.29. The summed E-state index contributed by atoms with van der Waals surface area (Å²) < 4.78 is 1.95. The van der Waals surface area contributed by atoms with Crippen LogP contribution in [0.1, 0.15) is 16.8 Å². The molecule has 0 unspecified atom stereocenters. The maximum Gasteiger partial charge on any atom is 0.205 e. The second-order valence-electron chi connectivity index (χ2n) is 5.06. The van der Waals surface area contributed by atoms with Crippen LogP contribution in [0.25, 0.3) is 16.3 Å². The first kappa shape index (κ1) is 13.8. The topological polar surface area (TPSA) is 55.6 Å². The molecule has 3 aromatic rings. The first-order chi connectivity index (χ1) is 10.1. The molecule has 2 aromatic heterocycles. The summed E-state index contributed by atoms with van der Waals surface area (Å²) in [6.45, 7) is 6.25. The molecule has 0 saturated carbocycles. The lowest BCUT2D eigenvalue weighted by Gasteiger charge is -2.07. The Kier molecular flexibility index (Phi) is 3.47. The number of nitrogens with zero attached hydrogens (tertiary/aromatic N) is 4. The van der Waals surface area contributed by atoms with Crippen LogP contribution in [0, 0.1) is 20.8 Å². The molecule has 2 heterocycles. The van der Waals surface area contributed by atoms with E-state index in [1.165, 1.54) is 22.5 Å². The zero-order valence-corrected chi connectivity index (χ0v) is 13.3. The van der Waals surface area contributed by atoms with E-state index in [4.69, 9.17) is 0 Å². The van der Waals surface area contributed by atoms with E-state index in [0.717, 1.165) is 27.1 Å². The Hall–Kier alpha value is -2.21. The van der Waals surface area contributed by atoms with Gasteiger partial charge in [-0.1, -0.05) is 17.4 Å². The Labute approximate surface area is 127 Å². The van der Waals surface area contributed by atoms with Gasteiger partial charge in [-0.15, -0.1) is 10.2 Å². The van der Waals surface area contributed by atoms with E-state index in [-0.39, 0.29) is 0 Å². The number of aryl methyl sites for hydroxylation is 2. The quantitative estimate of drug-likeness (QED) is 0.805. The number of rotatable bonds is 3. The summed E-state index contributed by atoms with van der Waals surface area (Å²) in [4.78, 5) is 0. The van der Waals surface area contributed by atoms with Crippen molar-refractivity contribution >= 4 is 16.5 Å². The number of aromatic nitrogens is 4. The van der Waals surface area contributed by atoms with Crippen LogP contribution in [0.15, 0.2) is 24.4 Å². The number of anilines is 1. The Morgan fingerprint density at radius 3 is 2.38 bits per heavy atom. The minimum Gasteiger partial charge on any atom is -0.363 e. The number of hydrogen-bond acceptors (Lipinski definition) is 5. The highest BCUT2D eigenvalue weighted by atomic mass is 32.1. The van der Waals surface area contributed by atoms with Crippen molar-refractivity contribution in [2.75, 3.05) is 12.4 Å². The third-order valence-electron chi connectivity index (χ3n) is 3.33. The van der Waals surface area contributed by atoms with Gasteiger partial charge in [-0.3, -0.25) is 0 Å². The van der Waals surface area contributed by atoms with Crippen LogP contribution in [0.3, 0.4) is 0 Å². The molecule has 5 nitrogen and oxygen atoms in total. The van der Waals surface area contributed by atoms with E-state index in [1.54, 1.807) is 0 Å². The van der Waals surface area contributed by atoms with Crippen LogP contribution in [-0.2, 0) is 0 Å². The second kappa shape index (κ2) is 5.29. The van der Waals surface area contributed by atoms with Crippen molar-refractivity contribution in [2.24, 2.45) is 0 Å². The molecule has 0 radical (unpaired) electrons. The zero-order chi connectivity index (χ0) is 15.0. The number of benzene rings is 1. The van der Waals surface area contributed by atoms with Gasteiger partial charge in [0.15, 0.2) is 5.01 Å². The summed E-state index contributed by atoms with van der Waals surface area (Å²) in [6.07, 6.45) is 1.85. The summed E-state index contributed by atoms with van der Waals surface area (Å²) in [7, 11) is 1.84. The van der Waals surface area contributed by atoms with Crippen molar-refractivity contribution in [1.29, 1.82) is 0 Å². The van der Waals surface area contributed by atoms with Crippen molar-refractivity contribution in [3.05, 3.63) is 41.2 Å². The van der Waals surface area contributed by atoms with Gasteiger partial charge < -0.3 is 5.32 Å². The molecule has 21 heavy (non-hydrogen) atoms. The van der Waals surface area contributed by atoms with E-state index in [1.807, 2.05) is 17.9 Å². The van der Waals surface area contributed by atoms with Gasteiger partial charge in [-0.05, 0) is 44.0 Å². The maximum atomic E-state index is 4.51. The standard InChI is InChI=1S/C15H17N5S/c1-9-5-10(2)7-12(6-9)20-11(3)13(8-17-20)14-18-19-15(16-4)21-14/h5-8H,1-4H3,(H,16,19). The summed E-state index contributed by atoms with van der Waals surface area (Å²) in [5.74, 6) is 0. The third-order valence-corrected chi connectivity index (χ3v) is 4.30. The van der Waals surface area contributed by atoms with Gasteiger partial charge in [0.1, 0.15) is 0 Å². The summed E-state index contributed by atoms with van der Waals surface area (Å²) in [5.41, 5.74) is 5.63. The Morgan fingerprint density at radius 2 is 1.76 bits per heavy atom. The molecule has 0 atom stereocenters. The monoisotopic (exact) mass is 299 g/mol. The molecular formula is C15H17N5S. The van der Waals surface area contributed by atoms with Gasteiger partial charge in [0.25, 0.3) is 0 Å². The fraction of sp³-hybridized carbons (Fsp3) is 0.267. The van der Waals surface area contributed by atoms with Crippen molar-refractivity contribution in [2.45, 2.75) is 20.8 Å². The zero-order valence-electron chi connectivity index (χ0n) is 12.5. The molecule has 1 aromatic carbocycles. The van der Waals surface area contributed by atoms with Gasteiger partial charge in [-0.25, -0.2) is 4.68 Å². The smallest absolute Gasteiger partial charge is 0.205 e. The lowest BCUT2D eigenvalue weighted by molar-refractivity contribution is 0.845. The Bertz CT molecular complexity index is 767. The van der Waals surface area contributed by atoms with Gasteiger partial charge >= 0.3 is 0 Å². The molecule has 0 bridgehead atoms. The van der Waals surface area contributed by atoms with Crippen LogP contribution in [0.2, 0.25) is 0 Å². The van der Waals surface area contributed by atoms with Crippen LogP contribution in [0.5, 0.6) is 0 Å². The molecule has 0 amide bonds. The Morgan fingerprint density at radius 1 is 1.05 bits per heavy atom. The number of hydrogen-bond donors (Lipinski definition) is 1. The molecule has 0 saturated heterocycles. The van der Waals surface area contributed by atoms with E-state index in [0.29, 0.717) is 0 Å². The van der Waals surface area contributed by atoms with Crippen LogP contribution < -0.4 is 5.32 Å². The van der Waals surface area contributed by atoms with Crippen molar-refractivity contribution < 1.29 is 0 Å². The minimum absolute atomic E-state index is 0.809. The van der Waals surface area contributed by atoms with Gasteiger partial charge in [-0.2, -0.15) is 5.10 Å². The molecule has 0 aliphatic carbocycles. The van der Waals surface area contributed by atoms with E-state index in [9.17, 15) is 0 Å². The molecule has 0 aliphatic heterocycles. The normalized spacial score (nSPS) is 10.9. The maximum absolute atomic E-state index is 4.51. The van der Waals surface area contributed by atoms with E-state index >= 15 is 0 Å². The summed E-state index contributed by atoms with van der Waals surface area (Å²) >= 11 is 1.53. The Balaban J connectivity index is 2.06. The predicted molar refractivity (Wildman–Crippen MR) is 86.2 cm³/mol. The third kappa shape index (κ3) is 2.54. The largest absolute Gasteiger partial charge is 0.363 e. The highest BCUT2D eigenvalue weighted by Gasteiger charge is 2.14. The van der Waals surface area contributed by atoms with Crippen LogP contribution in [0.4, 0.5) is 5.13 Å². The van der Waals surface area contributed by atoms with Gasteiger partial charge in [0, 0.05) is 7.05 Å². The van der Waals surface area contributed by atoms with Crippen molar-refractivity contribution in [3.8, 4) is 16.3 Å². The van der Waals surface area contributed by atoms with Gasteiger partial charge in [0.05, 0.1) is 23.1 Å². The van der Waals surface area contributed by atoms with E-state index in [2.05, 4.69) is 59.6 Å².